The standard InChI is InChI=1S/C23H21ClFN9.C21H19N9O3S.C21H20N8OS.C20H23N9O3/c24-14-4-5-17-18(10-14)30-19(29-17)12-27-21-20-22(32-23(31-21)33-8-6-26-7-9-33)34(13-28-20)16-3-1-2-15(25)11-16;31-30(32)15-3-1-2-14-17(15)25-16(24-14)10-22-19-18-20(29(12-23-18)13-4-9-34-11-13)27-21(26-19)28-5-7-33-8-6-28;1-2-4-16-15(3-1)24-17(25-16)11-22-19-18-20(29(13-23-18)14-5-10-31-12-14)27-21(26-19)28-6-8-30-9-7-28;1-12(2)28-11-22-17-18(25-20(26-19(17)28)27-6-8-32-9-7-27)21-10-15-23-13-4-3-5-14(29(30)31)16(13)24-15/h1-5,10-11,13,26H,6-9,12H2,(H,29,30)(H,27,31,32);1-4,9,11-12H,5-8,10H2,(H,24,25)(H,22,26,27);1-5,10,12-13H,6-9,11H2,(H,24,25)(H,22,26,27);3-5,11-12H,6-10H2,1-2H3,(H,23,24)(H,21,25,26). The highest BCUT2D eigenvalue weighted by Gasteiger charge is 2.28. The Balaban J connectivity index is 0.000000109. The van der Waals surface area contributed by atoms with Gasteiger partial charge in [-0.25, -0.2) is 44.3 Å². The van der Waals surface area contributed by atoms with Gasteiger partial charge in [0.25, 0.3) is 11.4 Å². The average molecular weight is 1830 g/mol. The number of halogens is 2. The summed E-state index contributed by atoms with van der Waals surface area (Å²) in [6.07, 6.45) is 6.95. The molecule has 4 saturated heterocycles. The van der Waals surface area contributed by atoms with E-state index in [1.54, 1.807) is 82.9 Å². The third kappa shape index (κ3) is 18.0. The Morgan fingerprint density at radius 2 is 0.817 bits per heavy atom. The molecular weight excluding hydrogens is 1740 g/mol. The van der Waals surface area contributed by atoms with Crippen LogP contribution in [0, 0.1) is 26.0 Å². The highest BCUT2D eigenvalue weighted by molar-refractivity contribution is 7.08. The van der Waals surface area contributed by atoms with E-state index < -0.39 is 9.85 Å². The quantitative estimate of drug-likeness (QED) is 0.0225. The third-order valence-electron chi connectivity index (χ3n) is 22.2. The minimum Gasteiger partial charge on any atom is -0.378 e. The normalized spacial score (nSPS) is 14.4. The van der Waals surface area contributed by atoms with E-state index in [4.69, 9.17) is 65.7 Å². The first-order valence-corrected chi connectivity index (χ1v) is 44.5. The first-order chi connectivity index (χ1) is 64.2. The average Bonchev–Trinajstić information content (AvgIpc) is 1.29. The Morgan fingerprint density at radius 1 is 0.420 bits per heavy atom. The fourth-order valence-corrected chi connectivity index (χ4v) is 17.0. The molecule has 4 aliphatic heterocycles. The number of thiophene rings is 2. The molecule has 0 spiro atoms. The van der Waals surface area contributed by atoms with Gasteiger partial charge in [-0.15, -0.1) is 0 Å². The van der Waals surface area contributed by atoms with Crippen LogP contribution in [0.25, 0.3) is 106 Å². The lowest BCUT2D eigenvalue weighted by molar-refractivity contribution is -0.383. The van der Waals surface area contributed by atoms with Crippen LogP contribution in [-0.2, 0) is 40.4 Å². The molecule has 0 aliphatic carbocycles. The molecule has 0 atom stereocenters. The predicted molar refractivity (Wildman–Crippen MR) is 498 cm³/mol. The molecule has 0 saturated carbocycles. The van der Waals surface area contributed by atoms with Gasteiger partial charge in [-0.2, -0.15) is 62.5 Å². The van der Waals surface area contributed by atoms with Crippen molar-refractivity contribution in [3.63, 3.8) is 0 Å². The molecule has 4 fully saturated rings. The van der Waals surface area contributed by atoms with E-state index in [0.717, 1.165) is 101 Å². The molecule has 0 radical (unpaired) electrons. The summed E-state index contributed by atoms with van der Waals surface area (Å²) in [5, 5.41) is 48.2. The Kier molecular flexibility index (Phi) is 23.9. The number of ether oxygens (including phenoxy) is 3. The van der Waals surface area contributed by atoms with Gasteiger partial charge in [0.2, 0.25) is 23.8 Å². The number of nitrogens with one attached hydrogen (secondary N) is 9. The van der Waals surface area contributed by atoms with Crippen LogP contribution in [0.15, 0.2) is 162 Å². The third-order valence-corrected chi connectivity index (χ3v) is 23.7. The predicted octanol–water partition coefficient (Wildman–Crippen LogP) is 12.5. The number of nitrogens with zero attached hydrogens (tertiary/aromatic N) is 26. The van der Waals surface area contributed by atoms with Gasteiger partial charge < -0.3 is 84.9 Å². The number of hydrogen-bond acceptors (Lipinski definition) is 34. The van der Waals surface area contributed by atoms with E-state index in [0.29, 0.717) is 205 Å². The number of nitro groups is 2. The Hall–Kier alpha value is -15.2. The maximum Gasteiger partial charge on any atom is 0.297 e. The van der Waals surface area contributed by atoms with E-state index in [1.165, 1.54) is 24.3 Å². The summed E-state index contributed by atoms with van der Waals surface area (Å²) in [7, 11) is 0. The van der Waals surface area contributed by atoms with E-state index >= 15 is 0 Å². The van der Waals surface area contributed by atoms with Crippen LogP contribution in [0.4, 0.5) is 62.8 Å². The highest BCUT2D eigenvalue weighted by atomic mass is 35.5. The number of imidazole rings is 8. The second-order valence-corrected chi connectivity index (χ2v) is 32.9. The largest absolute Gasteiger partial charge is 0.378 e. The number of non-ortho nitro benzene ring substituents is 2. The second kappa shape index (κ2) is 37.3. The molecule has 4 aliphatic rings. The number of para-hydroxylation sites is 4. The Labute approximate surface area is 754 Å². The number of nitro benzene ring substituents is 2. The van der Waals surface area contributed by atoms with Crippen molar-refractivity contribution in [3.05, 3.63) is 216 Å². The van der Waals surface area contributed by atoms with Crippen molar-refractivity contribution in [2.75, 3.05) is 146 Å². The summed E-state index contributed by atoms with van der Waals surface area (Å²) in [4.78, 5) is 118. The Morgan fingerprint density at radius 3 is 1.26 bits per heavy atom. The number of hydrogen-bond donors (Lipinski definition) is 9. The summed E-state index contributed by atoms with van der Waals surface area (Å²) < 4.78 is 38.1. The number of anilines is 8. The summed E-state index contributed by atoms with van der Waals surface area (Å²) in [5.74, 6) is 7.33. The summed E-state index contributed by atoms with van der Waals surface area (Å²) in [5.41, 5.74) is 13.6. The van der Waals surface area contributed by atoms with Gasteiger partial charge in [0.05, 0.1) is 132 Å². The molecule has 9 N–H and O–H groups in total. The zero-order chi connectivity index (χ0) is 89.0. The van der Waals surface area contributed by atoms with Crippen LogP contribution < -0.4 is 46.2 Å². The van der Waals surface area contributed by atoms with Gasteiger partial charge in [0.15, 0.2) is 79.0 Å². The number of benzene rings is 5. The van der Waals surface area contributed by atoms with E-state index in [1.807, 2.05) is 84.4 Å². The molecule has 14 aromatic heterocycles. The highest BCUT2D eigenvalue weighted by Crippen LogP contribution is 2.34. The molecule has 131 heavy (non-hydrogen) atoms. The number of morpholine rings is 3. The van der Waals surface area contributed by atoms with Crippen molar-refractivity contribution in [1.29, 1.82) is 0 Å². The fraction of sp³-hybridized carbons (Fsp3) is 0.271. The number of fused-ring (bicyclic) bond motifs is 8. The van der Waals surface area contributed by atoms with Gasteiger partial charge in [0, 0.05) is 99.4 Å². The lowest BCUT2D eigenvalue weighted by Crippen LogP contribution is -2.44. The molecular formula is C85H83ClFN35O7S2. The van der Waals surface area contributed by atoms with Crippen LogP contribution in [0.1, 0.15) is 43.2 Å². The van der Waals surface area contributed by atoms with Crippen molar-refractivity contribution >= 4 is 182 Å². The van der Waals surface area contributed by atoms with Crippen molar-refractivity contribution < 1.29 is 28.4 Å². The fourth-order valence-electron chi connectivity index (χ4n) is 15.6. The van der Waals surface area contributed by atoms with Crippen LogP contribution in [-0.4, -0.2) is 233 Å². The van der Waals surface area contributed by atoms with Crippen LogP contribution in [0.2, 0.25) is 5.02 Å². The molecule has 0 unspecified atom stereocenters. The van der Waals surface area contributed by atoms with Gasteiger partial charge in [0.1, 0.15) is 48.1 Å². The van der Waals surface area contributed by atoms with Crippen molar-refractivity contribution in [2.24, 2.45) is 0 Å². The number of rotatable bonds is 22. The van der Waals surface area contributed by atoms with E-state index in [9.17, 15) is 24.6 Å². The maximum absolute atomic E-state index is 13.9. The zero-order valence-corrected chi connectivity index (χ0v) is 72.8. The SMILES string of the molecule is CC(C)n1cnc2c(NCc3nc4c([N+](=O)[O-])cccc4[nH]3)nc(N3CCOCC3)nc21.Fc1cccc(-n2cnc3c(NCc4nc5ccc(Cl)cc5[nH]4)nc(N4CCNCC4)nc32)c1.O=[N+]([O-])c1cccc2[nH]c(CNc3nc(N4CCOCC4)nc4c3ncn4-c3ccsc3)nc12.c1ccc2[nH]c(CNc3nc(N4CCOCC4)nc4c3ncn4-c3ccsc3)nc2c1. The van der Waals surface area contributed by atoms with E-state index in [2.05, 4.69) is 131 Å². The maximum atomic E-state index is 13.9. The first kappa shape index (κ1) is 84.0. The van der Waals surface area contributed by atoms with E-state index in [-0.39, 0.29) is 29.8 Å². The zero-order valence-electron chi connectivity index (χ0n) is 70.4. The number of piperazine rings is 1. The molecule has 46 heteroatoms. The molecule has 23 rings (SSSR count). The monoisotopic (exact) mass is 1820 g/mol. The number of H-pyrrole nitrogens is 4. The molecule has 18 heterocycles. The molecule has 666 valence electrons. The van der Waals surface area contributed by atoms with Crippen LogP contribution in [0.5, 0.6) is 0 Å². The number of aromatic amines is 4. The summed E-state index contributed by atoms with van der Waals surface area (Å²) in [6.45, 7) is 17.2. The second-order valence-electron chi connectivity index (χ2n) is 30.9. The molecule has 0 amide bonds. The van der Waals surface area contributed by atoms with Crippen molar-refractivity contribution in [1.82, 2.24) is 123 Å². The molecule has 19 aromatic rings. The minimum absolute atomic E-state index is 0.0280. The smallest absolute Gasteiger partial charge is 0.297 e. The molecule has 0 bridgehead atoms. The van der Waals surface area contributed by atoms with Crippen LogP contribution in [0.3, 0.4) is 0 Å². The summed E-state index contributed by atoms with van der Waals surface area (Å²) in [6, 6.07) is 33.9. The topological polar surface area (TPSA) is 476 Å². The number of aromatic nitrogens is 24. The van der Waals surface area contributed by atoms with Crippen LogP contribution >= 0.6 is 34.3 Å². The summed E-state index contributed by atoms with van der Waals surface area (Å²) >= 11 is 9.34. The van der Waals surface area contributed by atoms with Crippen molar-refractivity contribution in [2.45, 2.75) is 46.1 Å². The van der Waals surface area contributed by atoms with Gasteiger partial charge in [-0.3, -0.25) is 33.9 Å². The lowest BCUT2D eigenvalue weighted by Gasteiger charge is -2.27. The van der Waals surface area contributed by atoms with Gasteiger partial charge in [-0.1, -0.05) is 41.9 Å². The Bertz CT molecular complexity index is 7300. The lowest BCUT2D eigenvalue weighted by atomic mass is 10.3. The van der Waals surface area contributed by atoms with Gasteiger partial charge >= 0.3 is 0 Å². The van der Waals surface area contributed by atoms with Crippen molar-refractivity contribution in [3.8, 4) is 17.1 Å². The minimum atomic E-state index is -0.431. The molecule has 5 aromatic carbocycles. The molecule has 42 nitrogen and oxygen atoms in total. The van der Waals surface area contributed by atoms with Gasteiger partial charge in [-0.05, 0) is 97.4 Å². The first-order valence-electron chi connectivity index (χ1n) is 42.2.